The van der Waals surface area contributed by atoms with E-state index in [0.717, 1.165) is 54.5 Å². The number of rotatable bonds is 4. The highest BCUT2D eigenvalue weighted by Crippen LogP contribution is 2.28. The number of pyridine rings is 1. The lowest BCUT2D eigenvalue weighted by molar-refractivity contribution is 0.494. The van der Waals surface area contributed by atoms with Crippen molar-refractivity contribution < 1.29 is 0 Å². The van der Waals surface area contributed by atoms with Crippen molar-refractivity contribution in [1.29, 1.82) is 0 Å². The first-order chi connectivity index (χ1) is 8.61. The third-order valence-electron chi connectivity index (χ3n) is 3.76. The normalized spacial score (nSPS) is 23.7. The molecular weight excluding hydrogens is 246 g/mol. The molecular formula is C14H22ClN3. The van der Waals surface area contributed by atoms with Gasteiger partial charge in [-0.25, -0.2) is 4.98 Å². The third kappa shape index (κ3) is 2.96. The molecule has 1 aromatic heterocycles. The monoisotopic (exact) mass is 267 g/mol. The number of nitrogens with zero attached hydrogens (tertiary/aromatic N) is 2. The van der Waals surface area contributed by atoms with E-state index in [1.807, 2.05) is 12.1 Å². The number of anilines is 1. The van der Waals surface area contributed by atoms with Gasteiger partial charge in [0.15, 0.2) is 0 Å². The molecule has 4 heteroatoms. The van der Waals surface area contributed by atoms with Gasteiger partial charge >= 0.3 is 0 Å². The van der Waals surface area contributed by atoms with E-state index in [0.29, 0.717) is 0 Å². The molecule has 2 heterocycles. The van der Waals surface area contributed by atoms with E-state index in [2.05, 4.69) is 31.0 Å². The van der Waals surface area contributed by atoms with Crippen LogP contribution in [0, 0.1) is 11.8 Å². The molecule has 2 atom stereocenters. The van der Waals surface area contributed by atoms with E-state index in [1.54, 1.807) is 0 Å². The number of nitrogens with one attached hydrogen (secondary N) is 1. The Hall–Kier alpha value is -0.800. The largest absolute Gasteiger partial charge is 0.356 e. The zero-order valence-electron chi connectivity index (χ0n) is 11.4. The zero-order chi connectivity index (χ0) is 13.1. The number of hydrogen-bond acceptors (Lipinski definition) is 3. The first-order valence-corrected chi connectivity index (χ1v) is 7.10. The van der Waals surface area contributed by atoms with Crippen molar-refractivity contribution >= 4 is 17.4 Å². The van der Waals surface area contributed by atoms with Crippen LogP contribution in [0.1, 0.15) is 26.5 Å². The third-order valence-corrected chi connectivity index (χ3v) is 4.10. The smallest absolute Gasteiger partial charge is 0.128 e. The minimum atomic E-state index is 0.736. The molecule has 3 nitrogen and oxygen atoms in total. The maximum Gasteiger partial charge on any atom is 0.128 e. The zero-order valence-corrected chi connectivity index (χ0v) is 12.2. The minimum Gasteiger partial charge on any atom is -0.356 e. The SMILES string of the molecule is CCNCc1nc(N2CC(C)C(C)C2)ccc1Cl. The van der Waals surface area contributed by atoms with Gasteiger partial charge in [-0.05, 0) is 30.5 Å². The lowest BCUT2D eigenvalue weighted by Gasteiger charge is -2.18. The van der Waals surface area contributed by atoms with Crippen LogP contribution in [0.4, 0.5) is 5.82 Å². The van der Waals surface area contributed by atoms with Crippen LogP contribution in [0.2, 0.25) is 5.02 Å². The quantitative estimate of drug-likeness (QED) is 0.909. The summed E-state index contributed by atoms with van der Waals surface area (Å²) >= 11 is 6.17. The Balaban J connectivity index is 2.14. The van der Waals surface area contributed by atoms with Crippen LogP contribution in [0.25, 0.3) is 0 Å². The van der Waals surface area contributed by atoms with E-state index >= 15 is 0 Å². The molecule has 0 radical (unpaired) electrons. The average Bonchev–Trinajstić information content (AvgIpc) is 2.69. The van der Waals surface area contributed by atoms with Crippen molar-refractivity contribution in [3.05, 3.63) is 22.8 Å². The Bertz CT molecular complexity index is 398. The second kappa shape index (κ2) is 5.89. The highest BCUT2D eigenvalue weighted by Gasteiger charge is 2.27. The molecule has 1 aliphatic rings. The summed E-state index contributed by atoms with van der Waals surface area (Å²) in [7, 11) is 0. The minimum absolute atomic E-state index is 0.736. The molecule has 2 unspecified atom stereocenters. The van der Waals surface area contributed by atoms with Gasteiger partial charge in [0.2, 0.25) is 0 Å². The van der Waals surface area contributed by atoms with Gasteiger partial charge in [0.25, 0.3) is 0 Å². The van der Waals surface area contributed by atoms with Gasteiger partial charge in [0.05, 0.1) is 10.7 Å². The van der Waals surface area contributed by atoms with E-state index in [1.165, 1.54) is 0 Å². The molecule has 100 valence electrons. The number of halogens is 1. The summed E-state index contributed by atoms with van der Waals surface area (Å²) in [4.78, 5) is 7.05. The molecule has 0 saturated carbocycles. The van der Waals surface area contributed by atoms with Crippen LogP contribution in [-0.2, 0) is 6.54 Å². The Kier molecular flexibility index (Phi) is 4.46. The van der Waals surface area contributed by atoms with Gasteiger partial charge in [-0.15, -0.1) is 0 Å². The summed E-state index contributed by atoms with van der Waals surface area (Å²) in [5, 5.41) is 4.03. The highest BCUT2D eigenvalue weighted by molar-refractivity contribution is 6.31. The van der Waals surface area contributed by atoms with Crippen LogP contribution >= 0.6 is 11.6 Å². The van der Waals surface area contributed by atoms with Gasteiger partial charge in [-0.3, -0.25) is 0 Å². The first kappa shape index (κ1) is 13.6. The molecule has 18 heavy (non-hydrogen) atoms. The van der Waals surface area contributed by atoms with Crippen LogP contribution in [0.3, 0.4) is 0 Å². The Morgan fingerprint density at radius 3 is 2.61 bits per heavy atom. The van der Waals surface area contributed by atoms with Crippen LogP contribution in [-0.4, -0.2) is 24.6 Å². The number of aromatic nitrogens is 1. The second-order valence-corrected chi connectivity index (χ2v) is 5.65. The molecule has 0 bridgehead atoms. The summed E-state index contributed by atoms with van der Waals surface area (Å²) in [6, 6.07) is 3.99. The van der Waals surface area contributed by atoms with Crippen molar-refractivity contribution in [1.82, 2.24) is 10.3 Å². The van der Waals surface area contributed by atoms with Crippen LogP contribution in [0.5, 0.6) is 0 Å². The van der Waals surface area contributed by atoms with E-state index in [4.69, 9.17) is 16.6 Å². The molecule has 0 aromatic carbocycles. The fourth-order valence-electron chi connectivity index (χ4n) is 2.33. The summed E-state index contributed by atoms with van der Waals surface area (Å²) in [6.45, 7) is 10.6. The molecule has 1 aromatic rings. The molecule has 1 fully saturated rings. The summed E-state index contributed by atoms with van der Waals surface area (Å²) in [5.41, 5.74) is 0.947. The van der Waals surface area contributed by atoms with Gasteiger partial charge in [0, 0.05) is 19.6 Å². The molecule has 1 saturated heterocycles. The second-order valence-electron chi connectivity index (χ2n) is 5.24. The first-order valence-electron chi connectivity index (χ1n) is 6.73. The van der Waals surface area contributed by atoms with Crippen molar-refractivity contribution in [2.75, 3.05) is 24.5 Å². The lowest BCUT2D eigenvalue weighted by atomic mass is 10.0. The van der Waals surface area contributed by atoms with Crippen molar-refractivity contribution in [3.63, 3.8) is 0 Å². The standard InChI is InChI=1S/C14H22ClN3/c1-4-16-7-13-12(15)5-6-14(17-13)18-8-10(2)11(3)9-18/h5-6,10-11,16H,4,7-9H2,1-3H3. The van der Waals surface area contributed by atoms with E-state index in [-0.39, 0.29) is 0 Å². The Morgan fingerprint density at radius 1 is 1.33 bits per heavy atom. The van der Waals surface area contributed by atoms with Gasteiger partial charge in [-0.1, -0.05) is 32.4 Å². The van der Waals surface area contributed by atoms with Gasteiger partial charge < -0.3 is 10.2 Å². The molecule has 1 aliphatic heterocycles. The maximum absolute atomic E-state index is 6.17. The Labute approximate surface area is 115 Å². The van der Waals surface area contributed by atoms with Crippen molar-refractivity contribution in [2.24, 2.45) is 11.8 Å². The summed E-state index contributed by atoms with van der Waals surface area (Å²) in [5.74, 6) is 2.53. The predicted molar refractivity (Wildman–Crippen MR) is 77.2 cm³/mol. The van der Waals surface area contributed by atoms with Gasteiger partial charge in [0.1, 0.15) is 5.82 Å². The molecule has 2 rings (SSSR count). The topological polar surface area (TPSA) is 28.2 Å². The molecule has 0 aliphatic carbocycles. The molecule has 1 N–H and O–H groups in total. The summed E-state index contributed by atoms with van der Waals surface area (Å²) < 4.78 is 0. The van der Waals surface area contributed by atoms with Crippen LogP contribution < -0.4 is 10.2 Å². The maximum atomic E-state index is 6.17. The van der Waals surface area contributed by atoms with E-state index in [9.17, 15) is 0 Å². The number of hydrogen-bond donors (Lipinski definition) is 1. The van der Waals surface area contributed by atoms with Crippen molar-refractivity contribution in [3.8, 4) is 0 Å². The molecule has 0 amide bonds. The fourth-order valence-corrected chi connectivity index (χ4v) is 2.51. The average molecular weight is 268 g/mol. The predicted octanol–water partition coefficient (Wildman–Crippen LogP) is 2.94. The van der Waals surface area contributed by atoms with E-state index < -0.39 is 0 Å². The van der Waals surface area contributed by atoms with Crippen molar-refractivity contribution in [2.45, 2.75) is 27.3 Å². The lowest BCUT2D eigenvalue weighted by Crippen LogP contribution is -2.22. The summed E-state index contributed by atoms with van der Waals surface area (Å²) in [6.07, 6.45) is 0. The molecule has 0 spiro atoms. The van der Waals surface area contributed by atoms with Crippen LogP contribution in [0.15, 0.2) is 12.1 Å². The fraction of sp³-hybridized carbons (Fsp3) is 0.643. The Morgan fingerprint density at radius 2 is 2.00 bits per heavy atom. The highest BCUT2D eigenvalue weighted by atomic mass is 35.5. The van der Waals surface area contributed by atoms with Gasteiger partial charge in [-0.2, -0.15) is 0 Å².